The predicted molar refractivity (Wildman–Crippen MR) is 67.7 cm³/mol. The molecular weight excluding hydrogens is 289 g/mol. The maximum atomic E-state index is 12.5. The van der Waals surface area contributed by atoms with Crippen LogP contribution >= 0.6 is 0 Å². The summed E-state index contributed by atoms with van der Waals surface area (Å²) in [6.45, 7) is 0.145. The number of carboxylic acids is 1. The summed E-state index contributed by atoms with van der Waals surface area (Å²) in [5, 5.41) is 11.7. The minimum Gasteiger partial charge on any atom is -0.481 e. The first kappa shape index (κ1) is 15.9. The molecule has 0 spiro atoms. The van der Waals surface area contributed by atoms with Gasteiger partial charge in [0.15, 0.2) is 0 Å². The monoisotopic (exact) mass is 308 g/mol. The van der Waals surface area contributed by atoms with Crippen molar-refractivity contribution in [2.24, 2.45) is 11.3 Å². The van der Waals surface area contributed by atoms with E-state index in [0.29, 0.717) is 12.8 Å². The largest absolute Gasteiger partial charge is 0.481 e. The summed E-state index contributed by atoms with van der Waals surface area (Å²) in [7, 11) is 0. The fourth-order valence-electron chi connectivity index (χ4n) is 2.84. The molecule has 1 saturated carbocycles. The molecule has 1 aliphatic heterocycles. The number of piperidine rings is 1. The van der Waals surface area contributed by atoms with Crippen LogP contribution in [-0.2, 0) is 4.79 Å². The number of carboxylic acid groups (broad SMARTS) is 1. The number of amides is 2. The molecule has 0 aromatic rings. The fourth-order valence-corrected chi connectivity index (χ4v) is 2.84. The first-order chi connectivity index (χ1) is 9.74. The zero-order valence-electron chi connectivity index (χ0n) is 11.6. The standard InChI is InChI=1S/C13H19F3N2O3/c14-13(15,16)9-2-6-18(7-3-9)11(21)17-8-12(10(19)20)4-1-5-12/h9H,1-8H2,(H,17,21)(H,19,20). The third-order valence-corrected chi connectivity index (χ3v) is 4.59. The van der Waals surface area contributed by atoms with Crippen molar-refractivity contribution in [3.05, 3.63) is 0 Å². The fraction of sp³-hybridized carbons (Fsp3) is 0.846. The van der Waals surface area contributed by atoms with Crippen LogP contribution in [0.15, 0.2) is 0 Å². The van der Waals surface area contributed by atoms with Crippen LogP contribution in [-0.4, -0.2) is 47.8 Å². The molecule has 120 valence electrons. The Labute approximate surface area is 120 Å². The van der Waals surface area contributed by atoms with Crippen LogP contribution in [0.5, 0.6) is 0 Å². The number of carbonyl (C=O) groups is 2. The van der Waals surface area contributed by atoms with E-state index in [9.17, 15) is 22.8 Å². The summed E-state index contributed by atoms with van der Waals surface area (Å²) in [6, 6.07) is -0.469. The van der Waals surface area contributed by atoms with Crippen LogP contribution in [0.25, 0.3) is 0 Å². The number of nitrogens with zero attached hydrogens (tertiary/aromatic N) is 1. The Bertz CT molecular complexity index is 413. The summed E-state index contributed by atoms with van der Waals surface area (Å²) in [5.74, 6) is -2.27. The van der Waals surface area contributed by atoms with Gasteiger partial charge in [0.05, 0.1) is 11.3 Å². The van der Waals surface area contributed by atoms with Gasteiger partial charge >= 0.3 is 18.2 Å². The van der Waals surface area contributed by atoms with Crippen molar-refractivity contribution in [3.63, 3.8) is 0 Å². The second-order valence-electron chi connectivity index (χ2n) is 5.90. The number of urea groups is 1. The summed E-state index contributed by atoms with van der Waals surface area (Å²) >= 11 is 0. The first-order valence-corrected chi connectivity index (χ1v) is 7.07. The van der Waals surface area contributed by atoms with Crippen LogP contribution < -0.4 is 5.32 Å². The van der Waals surface area contributed by atoms with Gasteiger partial charge in [0.1, 0.15) is 0 Å². The average molecular weight is 308 g/mol. The Kier molecular flexibility index (Phi) is 4.34. The highest BCUT2D eigenvalue weighted by atomic mass is 19.4. The Hall–Kier alpha value is -1.47. The molecule has 5 nitrogen and oxygen atoms in total. The van der Waals surface area contributed by atoms with E-state index in [0.717, 1.165) is 6.42 Å². The van der Waals surface area contributed by atoms with Crippen LogP contribution in [0.3, 0.4) is 0 Å². The van der Waals surface area contributed by atoms with Gasteiger partial charge in [-0.2, -0.15) is 13.2 Å². The lowest BCUT2D eigenvalue weighted by molar-refractivity contribution is -0.183. The van der Waals surface area contributed by atoms with Crippen LogP contribution in [0.1, 0.15) is 32.1 Å². The van der Waals surface area contributed by atoms with Crippen molar-refractivity contribution >= 4 is 12.0 Å². The molecule has 1 aliphatic carbocycles. The second kappa shape index (κ2) is 5.73. The summed E-state index contributed by atoms with van der Waals surface area (Å²) in [4.78, 5) is 24.4. The summed E-state index contributed by atoms with van der Waals surface area (Å²) in [5.41, 5.74) is -0.889. The predicted octanol–water partition coefficient (Wildman–Crippen LogP) is 2.23. The molecule has 2 aliphatic rings. The molecule has 0 unspecified atom stereocenters. The number of halogens is 3. The Morgan fingerprint density at radius 3 is 2.19 bits per heavy atom. The van der Waals surface area contributed by atoms with Crippen molar-refractivity contribution in [1.29, 1.82) is 0 Å². The van der Waals surface area contributed by atoms with Gasteiger partial charge < -0.3 is 15.3 Å². The van der Waals surface area contributed by atoms with Crippen molar-refractivity contribution in [2.45, 2.75) is 38.3 Å². The van der Waals surface area contributed by atoms with Crippen LogP contribution in [0, 0.1) is 11.3 Å². The quantitative estimate of drug-likeness (QED) is 0.840. The lowest BCUT2D eigenvalue weighted by Crippen LogP contribution is -2.52. The van der Waals surface area contributed by atoms with Crippen molar-refractivity contribution in [1.82, 2.24) is 10.2 Å². The zero-order chi connectivity index (χ0) is 15.7. The van der Waals surface area contributed by atoms with Gasteiger partial charge in [-0.05, 0) is 25.7 Å². The number of alkyl halides is 3. The molecule has 0 radical (unpaired) electrons. The SMILES string of the molecule is O=C(NCC1(C(=O)O)CCC1)N1CCC(C(F)(F)F)CC1. The third-order valence-electron chi connectivity index (χ3n) is 4.59. The van der Waals surface area contributed by atoms with Gasteiger partial charge in [0.2, 0.25) is 0 Å². The molecule has 0 bridgehead atoms. The van der Waals surface area contributed by atoms with Crippen molar-refractivity contribution in [3.8, 4) is 0 Å². The van der Waals surface area contributed by atoms with Gasteiger partial charge in [-0.1, -0.05) is 6.42 Å². The number of hydrogen-bond acceptors (Lipinski definition) is 2. The Morgan fingerprint density at radius 2 is 1.81 bits per heavy atom. The normalized spacial score (nSPS) is 22.5. The molecular formula is C13H19F3N2O3. The van der Waals surface area contributed by atoms with Gasteiger partial charge in [-0.15, -0.1) is 0 Å². The number of hydrogen-bond donors (Lipinski definition) is 2. The zero-order valence-corrected chi connectivity index (χ0v) is 11.6. The Morgan fingerprint density at radius 1 is 1.24 bits per heavy atom. The van der Waals surface area contributed by atoms with E-state index in [1.165, 1.54) is 4.90 Å². The van der Waals surface area contributed by atoms with Gasteiger partial charge in [0, 0.05) is 19.6 Å². The molecule has 1 heterocycles. The number of nitrogens with one attached hydrogen (secondary N) is 1. The number of likely N-dealkylation sites (tertiary alicyclic amines) is 1. The highest BCUT2D eigenvalue weighted by molar-refractivity contribution is 5.79. The maximum Gasteiger partial charge on any atom is 0.391 e. The molecule has 0 aromatic heterocycles. The molecule has 21 heavy (non-hydrogen) atoms. The second-order valence-corrected chi connectivity index (χ2v) is 5.90. The van der Waals surface area contributed by atoms with Crippen molar-refractivity contribution < 1.29 is 27.9 Å². The highest BCUT2D eigenvalue weighted by Crippen LogP contribution is 2.40. The molecule has 8 heteroatoms. The minimum atomic E-state index is -4.21. The lowest BCUT2D eigenvalue weighted by atomic mass is 9.69. The minimum absolute atomic E-state index is 0.0420. The first-order valence-electron chi connectivity index (χ1n) is 7.07. The number of aliphatic carboxylic acids is 1. The van der Waals surface area contributed by atoms with E-state index in [4.69, 9.17) is 5.11 Å². The molecule has 2 amide bonds. The third kappa shape index (κ3) is 3.41. The topological polar surface area (TPSA) is 69.6 Å². The summed E-state index contributed by atoms with van der Waals surface area (Å²) in [6.07, 6.45) is -2.53. The van der Waals surface area contributed by atoms with E-state index in [2.05, 4.69) is 5.32 Å². The van der Waals surface area contributed by atoms with E-state index in [1.54, 1.807) is 0 Å². The summed E-state index contributed by atoms with van der Waals surface area (Å²) < 4.78 is 37.6. The van der Waals surface area contributed by atoms with Crippen LogP contribution in [0.4, 0.5) is 18.0 Å². The molecule has 2 N–H and O–H groups in total. The van der Waals surface area contributed by atoms with Gasteiger partial charge in [0.25, 0.3) is 0 Å². The van der Waals surface area contributed by atoms with Gasteiger partial charge in [-0.3, -0.25) is 4.79 Å². The Balaban J connectivity index is 1.79. The van der Waals surface area contributed by atoms with E-state index < -0.39 is 29.5 Å². The maximum absolute atomic E-state index is 12.5. The van der Waals surface area contributed by atoms with E-state index >= 15 is 0 Å². The molecule has 1 saturated heterocycles. The van der Waals surface area contributed by atoms with Crippen molar-refractivity contribution in [2.75, 3.05) is 19.6 Å². The average Bonchev–Trinajstić information content (AvgIpc) is 2.36. The van der Waals surface area contributed by atoms with Crippen LogP contribution in [0.2, 0.25) is 0 Å². The highest BCUT2D eigenvalue weighted by Gasteiger charge is 2.45. The number of rotatable bonds is 3. The smallest absolute Gasteiger partial charge is 0.391 e. The van der Waals surface area contributed by atoms with E-state index in [1.807, 2.05) is 0 Å². The molecule has 2 fully saturated rings. The molecule has 0 atom stereocenters. The number of carbonyl (C=O) groups excluding carboxylic acids is 1. The lowest BCUT2D eigenvalue weighted by Gasteiger charge is -2.39. The molecule has 2 rings (SSSR count). The van der Waals surface area contributed by atoms with Gasteiger partial charge in [-0.25, -0.2) is 4.79 Å². The molecule has 0 aromatic carbocycles. The van der Waals surface area contributed by atoms with E-state index in [-0.39, 0.29) is 32.5 Å².